The number of aliphatic imine (C=N–C) groups is 1. The van der Waals surface area contributed by atoms with Crippen LogP contribution in [0.5, 0.6) is 0 Å². The molecule has 1 aliphatic carbocycles. The maximum absolute atomic E-state index is 4.34. The molecule has 0 amide bonds. The van der Waals surface area contributed by atoms with E-state index in [-0.39, 0.29) is 0 Å². The van der Waals surface area contributed by atoms with Crippen molar-refractivity contribution in [2.45, 2.75) is 52.1 Å². The Labute approximate surface area is 128 Å². The zero-order valence-electron chi connectivity index (χ0n) is 13.5. The van der Waals surface area contributed by atoms with Crippen LogP contribution in [0.15, 0.2) is 23.5 Å². The van der Waals surface area contributed by atoms with Crippen LogP contribution in [-0.4, -0.2) is 35.4 Å². The molecule has 5 heteroatoms. The second-order valence-electron chi connectivity index (χ2n) is 6.39. The average Bonchev–Trinajstić information content (AvgIpc) is 2.98. The summed E-state index contributed by atoms with van der Waals surface area (Å²) >= 11 is 0. The van der Waals surface area contributed by atoms with Gasteiger partial charge in [0.1, 0.15) is 0 Å². The summed E-state index contributed by atoms with van der Waals surface area (Å²) in [5.41, 5.74) is 0. The van der Waals surface area contributed by atoms with Crippen molar-refractivity contribution < 1.29 is 0 Å². The fraction of sp³-hybridized carbons (Fsp3) is 0.750. The Morgan fingerprint density at radius 2 is 2.14 bits per heavy atom. The lowest BCUT2D eigenvalue weighted by molar-refractivity contribution is 0.328. The lowest BCUT2D eigenvalue weighted by Crippen LogP contribution is -2.46. The molecule has 1 saturated carbocycles. The molecular weight excluding hydrogens is 262 g/mol. The first-order valence-corrected chi connectivity index (χ1v) is 8.12. The van der Waals surface area contributed by atoms with Crippen molar-refractivity contribution in [1.82, 2.24) is 20.4 Å². The Morgan fingerprint density at radius 3 is 2.76 bits per heavy atom. The number of aromatic nitrogens is 2. The van der Waals surface area contributed by atoms with Crippen molar-refractivity contribution in [2.75, 3.05) is 13.6 Å². The van der Waals surface area contributed by atoms with Crippen LogP contribution >= 0.6 is 0 Å². The number of nitrogens with zero attached hydrogens (tertiary/aromatic N) is 3. The fourth-order valence-electron chi connectivity index (χ4n) is 2.86. The van der Waals surface area contributed by atoms with Gasteiger partial charge in [0.05, 0.1) is 0 Å². The highest BCUT2D eigenvalue weighted by molar-refractivity contribution is 5.79. The smallest absolute Gasteiger partial charge is 0.191 e. The van der Waals surface area contributed by atoms with E-state index in [1.807, 2.05) is 30.2 Å². The van der Waals surface area contributed by atoms with E-state index in [9.17, 15) is 0 Å². The van der Waals surface area contributed by atoms with Crippen LogP contribution in [0.2, 0.25) is 0 Å². The third-order valence-corrected chi connectivity index (χ3v) is 4.26. The van der Waals surface area contributed by atoms with Crippen molar-refractivity contribution in [3.63, 3.8) is 0 Å². The molecule has 21 heavy (non-hydrogen) atoms. The minimum atomic E-state index is 0.509. The standard InChI is InChI=1S/C16H29N5/c1-13-5-7-15(8-6-13)20-16(17-3)18-11-14(2)12-21-10-4-9-19-21/h4,9-10,13-15H,5-8,11-12H2,1-3H3,(H2,17,18,20). The molecular formula is C16H29N5. The van der Waals surface area contributed by atoms with Gasteiger partial charge in [0, 0.05) is 38.6 Å². The second kappa shape index (κ2) is 8.05. The minimum Gasteiger partial charge on any atom is -0.356 e. The zero-order chi connectivity index (χ0) is 15.1. The summed E-state index contributed by atoms with van der Waals surface area (Å²) in [6.45, 7) is 6.41. The SMILES string of the molecule is CN=C(NCC(C)Cn1cccn1)NC1CCC(C)CC1. The summed E-state index contributed by atoms with van der Waals surface area (Å²) in [4.78, 5) is 4.34. The first-order valence-electron chi connectivity index (χ1n) is 8.12. The van der Waals surface area contributed by atoms with E-state index in [2.05, 4.69) is 34.6 Å². The Hall–Kier alpha value is -1.52. The topological polar surface area (TPSA) is 54.2 Å². The maximum Gasteiger partial charge on any atom is 0.191 e. The minimum absolute atomic E-state index is 0.509. The molecule has 0 aliphatic heterocycles. The van der Waals surface area contributed by atoms with Crippen LogP contribution in [0.3, 0.4) is 0 Å². The first kappa shape index (κ1) is 15.9. The molecule has 0 radical (unpaired) electrons. The quantitative estimate of drug-likeness (QED) is 0.646. The van der Waals surface area contributed by atoms with Gasteiger partial charge in [-0.2, -0.15) is 5.10 Å². The normalized spacial score (nSPS) is 24.6. The number of hydrogen-bond donors (Lipinski definition) is 2. The molecule has 0 bridgehead atoms. The summed E-state index contributed by atoms with van der Waals surface area (Å²) in [6, 6.07) is 2.54. The molecule has 2 rings (SSSR count). The monoisotopic (exact) mass is 291 g/mol. The summed E-state index contributed by atoms with van der Waals surface area (Å²) < 4.78 is 1.98. The number of nitrogens with one attached hydrogen (secondary N) is 2. The summed E-state index contributed by atoms with van der Waals surface area (Å²) in [6.07, 6.45) is 8.99. The molecule has 0 spiro atoms. The molecule has 1 aromatic rings. The van der Waals surface area contributed by atoms with E-state index in [0.717, 1.165) is 25.0 Å². The predicted octanol–water partition coefficient (Wildman–Crippen LogP) is 2.26. The average molecular weight is 291 g/mol. The summed E-state index contributed by atoms with van der Waals surface area (Å²) in [5.74, 6) is 2.32. The van der Waals surface area contributed by atoms with Crippen molar-refractivity contribution in [2.24, 2.45) is 16.8 Å². The molecule has 0 aromatic carbocycles. The van der Waals surface area contributed by atoms with Gasteiger partial charge in [0.25, 0.3) is 0 Å². The van der Waals surface area contributed by atoms with Gasteiger partial charge in [-0.15, -0.1) is 0 Å². The molecule has 1 fully saturated rings. The molecule has 118 valence electrons. The molecule has 1 unspecified atom stereocenters. The molecule has 5 nitrogen and oxygen atoms in total. The maximum atomic E-state index is 4.34. The van der Waals surface area contributed by atoms with Gasteiger partial charge in [-0.05, 0) is 43.6 Å². The highest BCUT2D eigenvalue weighted by Gasteiger charge is 2.18. The van der Waals surface area contributed by atoms with E-state index in [1.54, 1.807) is 0 Å². The van der Waals surface area contributed by atoms with Gasteiger partial charge in [0.15, 0.2) is 5.96 Å². The lowest BCUT2D eigenvalue weighted by Gasteiger charge is -2.28. The van der Waals surface area contributed by atoms with Crippen molar-refractivity contribution in [1.29, 1.82) is 0 Å². The van der Waals surface area contributed by atoms with Crippen molar-refractivity contribution in [3.8, 4) is 0 Å². The van der Waals surface area contributed by atoms with Crippen molar-refractivity contribution >= 4 is 5.96 Å². The van der Waals surface area contributed by atoms with Crippen LogP contribution in [0, 0.1) is 11.8 Å². The van der Waals surface area contributed by atoms with E-state index < -0.39 is 0 Å². The third kappa shape index (κ3) is 5.40. The van der Waals surface area contributed by atoms with Gasteiger partial charge in [-0.3, -0.25) is 9.67 Å². The van der Waals surface area contributed by atoms with Crippen LogP contribution in [-0.2, 0) is 6.54 Å². The number of guanidine groups is 1. The predicted molar refractivity (Wildman–Crippen MR) is 87.3 cm³/mol. The molecule has 1 heterocycles. The van der Waals surface area contributed by atoms with Crippen molar-refractivity contribution in [3.05, 3.63) is 18.5 Å². The zero-order valence-corrected chi connectivity index (χ0v) is 13.5. The van der Waals surface area contributed by atoms with Gasteiger partial charge < -0.3 is 10.6 Å². The van der Waals surface area contributed by atoms with Gasteiger partial charge >= 0.3 is 0 Å². The highest BCUT2D eigenvalue weighted by Crippen LogP contribution is 2.23. The molecule has 0 saturated heterocycles. The number of hydrogen-bond acceptors (Lipinski definition) is 2. The third-order valence-electron chi connectivity index (χ3n) is 4.26. The summed E-state index contributed by atoms with van der Waals surface area (Å²) in [5, 5.41) is 11.2. The molecule has 1 aliphatic rings. The lowest BCUT2D eigenvalue weighted by atomic mass is 9.87. The fourth-order valence-corrected chi connectivity index (χ4v) is 2.86. The Bertz CT molecular complexity index is 418. The van der Waals surface area contributed by atoms with Crippen LogP contribution in [0.25, 0.3) is 0 Å². The van der Waals surface area contributed by atoms with Gasteiger partial charge in [-0.25, -0.2) is 0 Å². The van der Waals surface area contributed by atoms with E-state index in [0.29, 0.717) is 12.0 Å². The van der Waals surface area contributed by atoms with Crippen LogP contribution < -0.4 is 10.6 Å². The highest BCUT2D eigenvalue weighted by atomic mass is 15.3. The Morgan fingerprint density at radius 1 is 1.38 bits per heavy atom. The largest absolute Gasteiger partial charge is 0.356 e. The molecule has 1 atom stereocenters. The second-order valence-corrected chi connectivity index (χ2v) is 6.39. The Balaban J connectivity index is 1.70. The molecule has 2 N–H and O–H groups in total. The van der Waals surface area contributed by atoms with E-state index in [4.69, 9.17) is 0 Å². The summed E-state index contributed by atoms with van der Waals surface area (Å²) in [7, 11) is 1.85. The van der Waals surface area contributed by atoms with Gasteiger partial charge in [-0.1, -0.05) is 13.8 Å². The van der Waals surface area contributed by atoms with Crippen LogP contribution in [0.4, 0.5) is 0 Å². The Kier molecular flexibility index (Phi) is 6.08. The first-order chi connectivity index (χ1) is 10.2. The van der Waals surface area contributed by atoms with E-state index in [1.165, 1.54) is 25.7 Å². The van der Waals surface area contributed by atoms with E-state index >= 15 is 0 Å². The number of rotatable bonds is 5. The molecule has 1 aromatic heterocycles. The van der Waals surface area contributed by atoms with Crippen LogP contribution in [0.1, 0.15) is 39.5 Å². The van der Waals surface area contributed by atoms with Gasteiger partial charge in [0.2, 0.25) is 0 Å².